The summed E-state index contributed by atoms with van der Waals surface area (Å²) < 4.78 is 2.88. The summed E-state index contributed by atoms with van der Waals surface area (Å²) in [6.07, 6.45) is 3.38. The highest BCUT2D eigenvalue weighted by Crippen LogP contribution is 2.36. The van der Waals surface area contributed by atoms with Crippen LogP contribution in [-0.4, -0.2) is 35.7 Å². The number of carbonyl (C=O) groups excluding carboxylic acids is 1. The second kappa shape index (κ2) is 6.62. The zero-order chi connectivity index (χ0) is 17.3. The third-order valence-electron chi connectivity index (χ3n) is 3.99. The first-order valence-electron chi connectivity index (χ1n) is 7.69. The number of fused-ring (bicyclic) bond motifs is 1. The van der Waals surface area contributed by atoms with E-state index in [0.29, 0.717) is 22.5 Å². The second-order valence-electron chi connectivity index (χ2n) is 5.93. The predicted octanol–water partition coefficient (Wildman–Crippen LogP) is 3.52. The average Bonchev–Trinajstić information content (AvgIpc) is 3.12. The van der Waals surface area contributed by atoms with Gasteiger partial charge in [0.15, 0.2) is 0 Å². The molecular weight excluding hydrogens is 368 g/mol. The molecule has 2 heterocycles. The van der Waals surface area contributed by atoms with E-state index < -0.39 is 0 Å². The summed E-state index contributed by atoms with van der Waals surface area (Å²) in [4.78, 5) is 19.3. The summed E-state index contributed by atoms with van der Waals surface area (Å²) in [6.45, 7) is 0.749. The van der Waals surface area contributed by atoms with Gasteiger partial charge in [0.2, 0.25) is 5.78 Å². The molecule has 1 aliphatic rings. The molecule has 0 spiro atoms. The highest BCUT2D eigenvalue weighted by Gasteiger charge is 2.30. The highest BCUT2D eigenvalue weighted by atomic mass is 79.9. The van der Waals surface area contributed by atoms with E-state index in [1.807, 2.05) is 30.8 Å². The van der Waals surface area contributed by atoms with E-state index in [2.05, 4.69) is 27.0 Å². The van der Waals surface area contributed by atoms with Gasteiger partial charge in [-0.2, -0.15) is 5.26 Å². The molecule has 5 nitrogen and oxygen atoms in total. The van der Waals surface area contributed by atoms with Crippen LogP contribution in [0.25, 0.3) is 0 Å². The topological polar surface area (TPSA) is 61.4 Å². The first-order chi connectivity index (χ1) is 11.5. The Morgan fingerprint density at radius 1 is 1.38 bits per heavy atom. The minimum atomic E-state index is -0.0990. The number of hydrogen-bond acceptors (Lipinski definition) is 3. The van der Waals surface area contributed by atoms with Gasteiger partial charge in [-0.1, -0.05) is 15.9 Å². The molecule has 3 rings (SSSR count). The van der Waals surface area contributed by atoms with Crippen molar-refractivity contribution in [2.24, 2.45) is 4.99 Å². The zero-order valence-corrected chi connectivity index (χ0v) is 15.2. The molecule has 0 fully saturated rings. The van der Waals surface area contributed by atoms with Gasteiger partial charge in [0.1, 0.15) is 17.5 Å². The van der Waals surface area contributed by atoms with Crippen molar-refractivity contribution in [3.63, 3.8) is 0 Å². The number of benzene rings is 1. The molecule has 1 aliphatic heterocycles. The second-order valence-corrected chi connectivity index (χ2v) is 6.85. The fraction of sp³-hybridized carbons (Fsp3) is 0.278. The van der Waals surface area contributed by atoms with Crippen molar-refractivity contribution in [1.29, 1.82) is 5.26 Å². The summed E-state index contributed by atoms with van der Waals surface area (Å²) in [6, 6.07) is 9.50. The van der Waals surface area contributed by atoms with E-state index in [9.17, 15) is 10.1 Å². The van der Waals surface area contributed by atoms with Gasteiger partial charge in [-0.25, -0.2) is 4.99 Å². The van der Waals surface area contributed by atoms with Crippen LogP contribution in [0.2, 0.25) is 0 Å². The van der Waals surface area contributed by atoms with Crippen molar-refractivity contribution < 1.29 is 4.79 Å². The largest absolute Gasteiger partial charge is 0.369 e. The Bertz CT molecular complexity index is 857. The van der Waals surface area contributed by atoms with E-state index >= 15 is 0 Å². The maximum atomic E-state index is 13.1. The summed E-state index contributed by atoms with van der Waals surface area (Å²) in [5.41, 5.74) is 3.03. The van der Waals surface area contributed by atoms with E-state index in [-0.39, 0.29) is 5.78 Å². The average molecular weight is 385 g/mol. The molecule has 0 unspecified atom stereocenters. The number of aromatic nitrogens is 1. The van der Waals surface area contributed by atoms with Crippen molar-refractivity contribution in [3.05, 3.63) is 51.3 Å². The van der Waals surface area contributed by atoms with Gasteiger partial charge < -0.3 is 9.47 Å². The molecule has 24 heavy (non-hydrogen) atoms. The number of ketones is 1. The highest BCUT2D eigenvalue weighted by molar-refractivity contribution is 9.10. The van der Waals surface area contributed by atoms with Crippen molar-refractivity contribution in [3.8, 4) is 6.07 Å². The SMILES string of the molecule is CN(C)C=Nc1c(C#N)c2n(c1C(=O)c1ccc(Br)cc1)CCC2. The van der Waals surface area contributed by atoms with Crippen LogP contribution in [-0.2, 0) is 13.0 Å². The molecule has 0 atom stereocenters. The van der Waals surface area contributed by atoms with Gasteiger partial charge in [0, 0.05) is 36.4 Å². The summed E-state index contributed by atoms with van der Waals surface area (Å²) in [5, 5.41) is 9.58. The first kappa shape index (κ1) is 16.5. The molecule has 0 saturated heterocycles. The number of nitrogens with zero attached hydrogens (tertiary/aromatic N) is 4. The third kappa shape index (κ3) is 2.87. The van der Waals surface area contributed by atoms with Crippen molar-refractivity contribution in [2.45, 2.75) is 19.4 Å². The molecule has 6 heteroatoms. The molecule has 0 radical (unpaired) electrons. The molecule has 0 N–H and O–H groups in total. The Morgan fingerprint density at radius 3 is 2.71 bits per heavy atom. The maximum absolute atomic E-state index is 13.1. The summed E-state index contributed by atoms with van der Waals surface area (Å²) in [7, 11) is 3.71. The van der Waals surface area contributed by atoms with E-state index in [0.717, 1.165) is 29.6 Å². The molecule has 1 aromatic carbocycles. The van der Waals surface area contributed by atoms with Crippen LogP contribution in [0.5, 0.6) is 0 Å². The van der Waals surface area contributed by atoms with E-state index in [1.54, 1.807) is 23.4 Å². The molecule has 0 bridgehead atoms. The summed E-state index contributed by atoms with van der Waals surface area (Å²) in [5.74, 6) is -0.0990. The van der Waals surface area contributed by atoms with Gasteiger partial charge in [-0.15, -0.1) is 0 Å². The van der Waals surface area contributed by atoms with Crippen LogP contribution in [0.15, 0.2) is 33.7 Å². The van der Waals surface area contributed by atoms with Crippen LogP contribution in [0.4, 0.5) is 5.69 Å². The molecule has 0 amide bonds. The van der Waals surface area contributed by atoms with Crippen LogP contribution in [0, 0.1) is 11.3 Å². The molecule has 122 valence electrons. The molecular formula is C18H17BrN4O. The van der Waals surface area contributed by atoms with Gasteiger partial charge in [0.05, 0.1) is 11.9 Å². The third-order valence-corrected chi connectivity index (χ3v) is 4.52. The standard InChI is InChI=1S/C18H17BrN4O/c1-22(2)11-21-16-14(10-20)15-4-3-9-23(15)17(16)18(24)12-5-7-13(19)8-6-12/h5-8,11H,3-4,9H2,1-2H3. The number of rotatable bonds is 4. The van der Waals surface area contributed by atoms with Gasteiger partial charge >= 0.3 is 0 Å². The van der Waals surface area contributed by atoms with Crippen LogP contribution < -0.4 is 0 Å². The van der Waals surface area contributed by atoms with Crippen molar-refractivity contribution >= 4 is 33.7 Å². The zero-order valence-electron chi connectivity index (χ0n) is 13.6. The van der Waals surface area contributed by atoms with Crippen LogP contribution >= 0.6 is 15.9 Å². The normalized spacial score (nSPS) is 13.1. The number of carbonyl (C=O) groups is 1. The first-order valence-corrected chi connectivity index (χ1v) is 8.48. The predicted molar refractivity (Wildman–Crippen MR) is 96.9 cm³/mol. The van der Waals surface area contributed by atoms with Gasteiger partial charge in [0.25, 0.3) is 0 Å². The number of halogens is 1. The lowest BCUT2D eigenvalue weighted by Crippen LogP contribution is -2.10. The Kier molecular flexibility index (Phi) is 4.54. The fourth-order valence-electron chi connectivity index (χ4n) is 2.95. The lowest BCUT2D eigenvalue weighted by molar-refractivity contribution is 0.103. The minimum absolute atomic E-state index is 0.0990. The molecule has 2 aromatic rings. The monoisotopic (exact) mass is 384 g/mol. The van der Waals surface area contributed by atoms with Crippen LogP contribution in [0.1, 0.15) is 33.7 Å². The van der Waals surface area contributed by atoms with E-state index in [4.69, 9.17) is 0 Å². The number of nitriles is 1. The Balaban J connectivity index is 2.17. The number of hydrogen-bond donors (Lipinski definition) is 0. The lowest BCUT2D eigenvalue weighted by Gasteiger charge is -2.08. The molecule has 1 aromatic heterocycles. The van der Waals surface area contributed by atoms with Crippen molar-refractivity contribution in [2.75, 3.05) is 14.1 Å². The number of aliphatic imine (C=N–C) groups is 1. The Hall–Kier alpha value is -2.39. The smallest absolute Gasteiger partial charge is 0.211 e. The van der Waals surface area contributed by atoms with Gasteiger partial charge in [-0.05, 0) is 37.1 Å². The Morgan fingerprint density at radius 2 is 2.08 bits per heavy atom. The van der Waals surface area contributed by atoms with E-state index in [1.165, 1.54) is 0 Å². The Labute approximate surface area is 149 Å². The minimum Gasteiger partial charge on any atom is -0.369 e. The van der Waals surface area contributed by atoms with Gasteiger partial charge in [-0.3, -0.25) is 4.79 Å². The quantitative estimate of drug-likeness (QED) is 0.460. The lowest BCUT2D eigenvalue weighted by atomic mass is 10.1. The summed E-state index contributed by atoms with van der Waals surface area (Å²) >= 11 is 3.38. The molecule has 0 saturated carbocycles. The van der Waals surface area contributed by atoms with Crippen LogP contribution in [0.3, 0.4) is 0 Å². The molecule has 0 aliphatic carbocycles. The fourth-order valence-corrected chi connectivity index (χ4v) is 3.21. The van der Waals surface area contributed by atoms with Crippen molar-refractivity contribution in [1.82, 2.24) is 9.47 Å². The maximum Gasteiger partial charge on any atom is 0.211 e.